The fourth-order valence-corrected chi connectivity index (χ4v) is 2.49. The molecule has 0 aliphatic rings. The number of hydrogen-bond acceptors (Lipinski definition) is 1. The number of nitrogens with one attached hydrogen (secondary N) is 1. The average molecular weight is 273 g/mol. The van der Waals surface area contributed by atoms with E-state index in [2.05, 4.69) is 85.0 Å². The van der Waals surface area contributed by atoms with E-state index in [0.29, 0.717) is 0 Å². The zero-order valence-electron chi connectivity index (χ0n) is 12.2. The molecule has 0 bridgehead atoms. The van der Waals surface area contributed by atoms with Crippen molar-refractivity contribution < 1.29 is 0 Å². The zero-order chi connectivity index (χ0) is 14.5. The number of anilines is 1. The van der Waals surface area contributed by atoms with Gasteiger partial charge in [-0.25, -0.2) is 0 Å². The fourth-order valence-electron chi connectivity index (χ4n) is 2.49. The van der Waals surface area contributed by atoms with E-state index < -0.39 is 0 Å². The first-order chi connectivity index (χ1) is 10.3. The lowest BCUT2D eigenvalue weighted by molar-refractivity contribution is 1.15. The number of aryl methyl sites for hydroxylation is 1. The van der Waals surface area contributed by atoms with Crippen molar-refractivity contribution in [3.8, 4) is 11.1 Å². The van der Waals surface area contributed by atoms with E-state index >= 15 is 0 Å². The largest absolute Gasteiger partial charge is 0.380 e. The van der Waals surface area contributed by atoms with Crippen molar-refractivity contribution in [2.75, 3.05) is 5.32 Å². The van der Waals surface area contributed by atoms with Crippen LogP contribution in [0.2, 0.25) is 0 Å². The van der Waals surface area contributed by atoms with E-state index in [9.17, 15) is 0 Å². The summed E-state index contributed by atoms with van der Waals surface area (Å²) in [7, 11) is 0. The van der Waals surface area contributed by atoms with Crippen LogP contribution in [0.15, 0.2) is 78.9 Å². The molecule has 0 atom stereocenters. The maximum absolute atomic E-state index is 3.55. The summed E-state index contributed by atoms with van der Waals surface area (Å²) in [5.74, 6) is 0. The van der Waals surface area contributed by atoms with E-state index in [4.69, 9.17) is 0 Å². The van der Waals surface area contributed by atoms with Gasteiger partial charge >= 0.3 is 0 Å². The van der Waals surface area contributed by atoms with Crippen LogP contribution in [0.4, 0.5) is 5.69 Å². The van der Waals surface area contributed by atoms with Gasteiger partial charge in [0.25, 0.3) is 0 Å². The van der Waals surface area contributed by atoms with Crippen LogP contribution >= 0.6 is 0 Å². The van der Waals surface area contributed by atoms with Crippen molar-refractivity contribution in [1.29, 1.82) is 0 Å². The molecule has 21 heavy (non-hydrogen) atoms. The standard InChI is InChI=1S/C20H19N/c1-16-8-7-11-18(14-16)19-12-5-6-13-20(19)21-15-17-9-3-2-4-10-17/h2-14,21H,15H2,1H3. The molecule has 1 N–H and O–H groups in total. The Kier molecular flexibility index (Phi) is 4.02. The van der Waals surface area contributed by atoms with Gasteiger partial charge in [-0.3, -0.25) is 0 Å². The van der Waals surface area contributed by atoms with Crippen molar-refractivity contribution >= 4 is 5.69 Å². The lowest BCUT2D eigenvalue weighted by Gasteiger charge is -2.13. The molecule has 1 nitrogen and oxygen atoms in total. The Labute approximate surface area is 126 Å². The molecule has 0 unspecified atom stereocenters. The summed E-state index contributed by atoms with van der Waals surface area (Å²) in [6.07, 6.45) is 0. The van der Waals surface area contributed by atoms with Crippen LogP contribution in [0.25, 0.3) is 11.1 Å². The second-order valence-corrected chi connectivity index (χ2v) is 5.25. The van der Waals surface area contributed by atoms with E-state index in [0.717, 1.165) is 6.54 Å². The molecule has 1 heteroatoms. The summed E-state index contributed by atoms with van der Waals surface area (Å²) in [6.45, 7) is 2.97. The minimum absolute atomic E-state index is 0.837. The molecule has 0 spiro atoms. The van der Waals surface area contributed by atoms with Crippen molar-refractivity contribution in [3.05, 3.63) is 90.0 Å². The molecule has 0 radical (unpaired) electrons. The van der Waals surface area contributed by atoms with Crippen LogP contribution in [0.1, 0.15) is 11.1 Å². The molecule has 0 saturated heterocycles. The minimum atomic E-state index is 0.837. The Morgan fingerprint density at radius 3 is 2.33 bits per heavy atom. The molecule has 0 amide bonds. The van der Waals surface area contributed by atoms with Gasteiger partial charge in [-0.1, -0.05) is 78.4 Å². The molecule has 3 aromatic rings. The summed E-state index contributed by atoms with van der Waals surface area (Å²) in [5, 5.41) is 3.55. The maximum atomic E-state index is 3.55. The molecule has 3 aromatic carbocycles. The van der Waals surface area contributed by atoms with Crippen LogP contribution in [0.5, 0.6) is 0 Å². The molecule has 0 heterocycles. The van der Waals surface area contributed by atoms with E-state index in [1.54, 1.807) is 0 Å². The minimum Gasteiger partial charge on any atom is -0.380 e. The smallest absolute Gasteiger partial charge is 0.0422 e. The highest BCUT2D eigenvalue weighted by molar-refractivity contribution is 5.78. The predicted molar refractivity (Wildman–Crippen MR) is 90.4 cm³/mol. The molecular formula is C20H19N. The summed E-state index contributed by atoms with van der Waals surface area (Å²) in [4.78, 5) is 0. The number of rotatable bonds is 4. The van der Waals surface area contributed by atoms with E-state index in [1.165, 1.54) is 27.9 Å². The SMILES string of the molecule is Cc1cccc(-c2ccccc2NCc2ccccc2)c1. The predicted octanol–water partition coefficient (Wildman–Crippen LogP) is 5.27. The van der Waals surface area contributed by atoms with Crippen molar-refractivity contribution in [2.45, 2.75) is 13.5 Å². The van der Waals surface area contributed by atoms with E-state index in [-0.39, 0.29) is 0 Å². The first-order valence-electron chi connectivity index (χ1n) is 7.27. The van der Waals surface area contributed by atoms with Gasteiger partial charge in [0.05, 0.1) is 0 Å². The Morgan fingerprint density at radius 2 is 1.52 bits per heavy atom. The van der Waals surface area contributed by atoms with Crippen LogP contribution in [-0.2, 0) is 6.54 Å². The van der Waals surface area contributed by atoms with Crippen molar-refractivity contribution in [1.82, 2.24) is 0 Å². The van der Waals surface area contributed by atoms with Crippen LogP contribution in [0, 0.1) is 6.92 Å². The van der Waals surface area contributed by atoms with Gasteiger partial charge in [0, 0.05) is 17.8 Å². The summed E-state index contributed by atoms with van der Waals surface area (Å²) in [6, 6.07) is 27.6. The average Bonchev–Trinajstić information content (AvgIpc) is 2.54. The van der Waals surface area contributed by atoms with Gasteiger partial charge in [0.1, 0.15) is 0 Å². The maximum Gasteiger partial charge on any atom is 0.0422 e. The second-order valence-electron chi connectivity index (χ2n) is 5.25. The number of benzene rings is 3. The Morgan fingerprint density at radius 1 is 0.762 bits per heavy atom. The normalized spacial score (nSPS) is 10.3. The third-order valence-electron chi connectivity index (χ3n) is 3.58. The monoisotopic (exact) mass is 273 g/mol. The first-order valence-corrected chi connectivity index (χ1v) is 7.27. The second kappa shape index (κ2) is 6.27. The molecule has 0 aromatic heterocycles. The molecule has 3 rings (SSSR count). The molecule has 104 valence electrons. The van der Waals surface area contributed by atoms with Gasteiger partial charge < -0.3 is 5.32 Å². The van der Waals surface area contributed by atoms with E-state index in [1.807, 2.05) is 6.07 Å². The first kappa shape index (κ1) is 13.4. The Balaban J connectivity index is 1.86. The summed E-state index contributed by atoms with van der Waals surface area (Å²) >= 11 is 0. The quantitative estimate of drug-likeness (QED) is 0.682. The highest BCUT2D eigenvalue weighted by Gasteiger charge is 2.04. The molecule has 0 aliphatic heterocycles. The van der Waals surface area contributed by atoms with Crippen LogP contribution < -0.4 is 5.32 Å². The Hall–Kier alpha value is -2.54. The van der Waals surface area contributed by atoms with Gasteiger partial charge in [-0.2, -0.15) is 0 Å². The van der Waals surface area contributed by atoms with Crippen LogP contribution in [-0.4, -0.2) is 0 Å². The molecular weight excluding hydrogens is 254 g/mol. The van der Waals surface area contributed by atoms with Crippen LogP contribution in [0.3, 0.4) is 0 Å². The lowest BCUT2D eigenvalue weighted by atomic mass is 10.0. The highest BCUT2D eigenvalue weighted by atomic mass is 14.9. The molecule has 0 saturated carbocycles. The lowest BCUT2D eigenvalue weighted by Crippen LogP contribution is -2.00. The summed E-state index contributed by atoms with van der Waals surface area (Å²) < 4.78 is 0. The third kappa shape index (κ3) is 3.32. The van der Waals surface area contributed by atoms with Crippen molar-refractivity contribution in [3.63, 3.8) is 0 Å². The molecule has 0 aliphatic carbocycles. The topological polar surface area (TPSA) is 12.0 Å². The van der Waals surface area contributed by atoms with Gasteiger partial charge in [-0.15, -0.1) is 0 Å². The summed E-state index contributed by atoms with van der Waals surface area (Å²) in [5.41, 5.74) is 6.25. The number of hydrogen-bond donors (Lipinski definition) is 1. The third-order valence-corrected chi connectivity index (χ3v) is 3.58. The van der Waals surface area contributed by atoms with Gasteiger partial charge in [0.2, 0.25) is 0 Å². The van der Waals surface area contributed by atoms with Gasteiger partial charge in [0.15, 0.2) is 0 Å². The Bertz CT molecular complexity index is 717. The highest BCUT2D eigenvalue weighted by Crippen LogP contribution is 2.28. The zero-order valence-corrected chi connectivity index (χ0v) is 12.2. The van der Waals surface area contributed by atoms with Crippen molar-refractivity contribution in [2.24, 2.45) is 0 Å². The van der Waals surface area contributed by atoms with Gasteiger partial charge in [-0.05, 0) is 24.1 Å². The molecule has 0 fully saturated rings. The number of para-hydroxylation sites is 1. The fraction of sp³-hybridized carbons (Fsp3) is 0.100.